The lowest BCUT2D eigenvalue weighted by atomic mass is 9.95. The standard InChI is InChI=1S/C60H64ClN7O22S/c1-34(69)83-33-52-55(84-35(2)70)56(85-36(3)71)57(86-37(4)72)60(88-52)87-49-15-10-40(58(75)66(5)18-20-81-22-24-82-23-21-80-19-17-63-65-62)26-51(49)90-91(77,78)89-50-28-47-54(45-27-43(79-6)13-14-44(45)50)41(29-61)31-68(47)59(76)46-32-67-30-38(7-16-53(67)64-46)25-48(74)39-8-11-42(73)12-9-39/h7-16,26-28,30,32,41,52,55-57,60,73H,17-25,29,31,33H2,1-6H3/t41-,52-,55+,56+,57-,60?/m1/s1. The first-order valence-corrected chi connectivity index (χ1v) is 30.0. The first-order chi connectivity index (χ1) is 43.6. The van der Waals surface area contributed by atoms with Crippen molar-refractivity contribution in [2.24, 2.45) is 5.11 Å². The van der Waals surface area contributed by atoms with E-state index in [1.165, 1.54) is 72.6 Å². The molecule has 29 nitrogen and oxygen atoms in total. The minimum atomic E-state index is -5.43. The molecule has 484 valence electrons. The molecule has 31 heteroatoms. The number of esters is 4. The number of azide groups is 1. The molecular weight excluding hydrogens is 1240 g/mol. The van der Waals surface area contributed by atoms with Gasteiger partial charge in [0, 0.05) is 112 Å². The summed E-state index contributed by atoms with van der Waals surface area (Å²) in [4.78, 5) is 102. The van der Waals surface area contributed by atoms with Crippen molar-refractivity contribution in [3.8, 4) is 28.7 Å². The quantitative estimate of drug-likeness (QED) is 0.00765. The van der Waals surface area contributed by atoms with Gasteiger partial charge in [0.2, 0.25) is 12.4 Å². The molecule has 0 aliphatic carbocycles. The van der Waals surface area contributed by atoms with Crippen LogP contribution in [0.4, 0.5) is 5.69 Å². The number of amides is 2. The van der Waals surface area contributed by atoms with E-state index in [0.717, 1.165) is 39.8 Å². The van der Waals surface area contributed by atoms with E-state index in [4.69, 9.17) is 72.9 Å². The van der Waals surface area contributed by atoms with Gasteiger partial charge in [-0.2, -0.15) is 0 Å². The molecule has 91 heavy (non-hydrogen) atoms. The molecule has 6 atom stereocenters. The Hall–Kier alpha value is -9.29. The zero-order valence-electron chi connectivity index (χ0n) is 50.0. The molecule has 2 aliphatic rings. The summed E-state index contributed by atoms with van der Waals surface area (Å²) >= 11 is 6.64. The number of halogens is 1. The van der Waals surface area contributed by atoms with Crippen LogP contribution in [-0.2, 0) is 73.9 Å². The first-order valence-electron chi connectivity index (χ1n) is 28.1. The highest BCUT2D eigenvalue weighted by Crippen LogP contribution is 2.48. The zero-order valence-corrected chi connectivity index (χ0v) is 51.6. The van der Waals surface area contributed by atoms with Crippen LogP contribution in [0.3, 0.4) is 0 Å². The number of pyridine rings is 1. The van der Waals surface area contributed by atoms with Gasteiger partial charge in [-0.05, 0) is 88.8 Å². The lowest BCUT2D eigenvalue weighted by Gasteiger charge is -2.43. The molecule has 0 saturated carbocycles. The number of aromatic nitrogens is 2. The second kappa shape index (κ2) is 31.0. The number of nitrogens with zero attached hydrogens (tertiary/aromatic N) is 7. The SMILES string of the molecule is COc1ccc2c(OS(=O)(=O)Oc3cc(C(=O)N(C)CCOCCOCCOCCN=[N+]=[N-])ccc3OC3O[C@H](COC(C)=O)[C@H](OC(C)=O)[C@H](OC(C)=O)[C@H]3OC(C)=O)cc3c(c2c1)[C@H](CCl)CN3C(=O)c1cn2cc(CC(=O)c3ccc(O)cc3)ccc2n1. The fraction of sp³-hybridized carbons (Fsp3) is 0.400. The summed E-state index contributed by atoms with van der Waals surface area (Å²) < 4.78 is 99.0. The molecule has 6 aromatic rings. The number of phenolic OH excluding ortho intramolecular Hbond substituents is 1. The molecule has 1 fully saturated rings. The maximum Gasteiger partial charge on any atom is 0.501 e. The highest BCUT2D eigenvalue weighted by molar-refractivity contribution is 7.82. The number of fused-ring (bicyclic) bond motifs is 4. The predicted octanol–water partition coefficient (Wildman–Crippen LogP) is 6.21. The number of ether oxygens (including phenoxy) is 10. The number of methoxy groups -OCH3 is 1. The van der Waals surface area contributed by atoms with E-state index in [2.05, 4.69) is 15.0 Å². The summed E-state index contributed by atoms with van der Waals surface area (Å²) in [5, 5.41) is 13.7. The summed E-state index contributed by atoms with van der Waals surface area (Å²) in [7, 11) is -2.55. The number of hydrogen-bond acceptors (Lipinski definition) is 24. The lowest BCUT2D eigenvalue weighted by molar-refractivity contribution is -0.288. The van der Waals surface area contributed by atoms with Gasteiger partial charge in [0.15, 0.2) is 35.2 Å². The summed E-state index contributed by atoms with van der Waals surface area (Å²) in [5.74, 6) is -6.90. The van der Waals surface area contributed by atoms with Gasteiger partial charge in [-0.1, -0.05) is 11.2 Å². The third-order valence-corrected chi connectivity index (χ3v) is 15.1. The van der Waals surface area contributed by atoms with Crippen LogP contribution < -0.4 is 22.7 Å². The van der Waals surface area contributed by atoms with Gasteiger partial charge >= 0.3 is 34.3 Å². The molecule has 2 aliphatic heterocycles. The van der Waals surface area contributed by atoms with Crippen molar-refractivity contribution in [2.45, 2.75) is 70.7 Å². The Bertz CT molecular complexity index is 3840. The predicted molar refractivity (Wildman–Crippen MR) is 320 cm³/mol. The Labute approximate surface area is 525 Å². The molecule has 2 amide bonds. The molecule has 0 bridgehead atoms. The van der Waals surface area contributed by atoms with Gasteiger partial charge < -0.3 is 75.0 Å². The van der Waals surface area contributed by atoms with Crippen LogP contribution in [0.2, 0.25) is 0 Å². The van der Waals surface area contributed by atoms with Crippen LogP contribution in [0.15, 0.2) is 96.4 Å². The van der Waals surface area contributed by atoms with Gasteiger partial charge in [0.1, 0.15) is 35.6 Å². The van der Waals surface area contributed by atoms with E-state index in [0.29, 0.717) is 33.5 Å². The van der Waals surface area contributed by atoms with Crippen molar-refractivity contribution in [2.75, 3.05) is 90.8 Å². The maximum absolute atomic E-state index is 14.8. The maximum atomic E-state index is 14.8. The van der Waals surface area contributed by atoms with Crippen molar-refractivity contribution >= 4 is 85.6 Å². The number of alkyl halides is 1. The highest BCUT2D eigenvalue weighted by Gasteiger charge is 2.54. The number of likely N-dealkylation sites (N-methyl/N-ethyl adjacent to an activating group) is 1. The number of rotatable bonds is 30. The highest BCUT2D eigenvalue weighted by atomic mass is 35.5. The number of carbonyl (C=O) groups is 7. The monoisotopic (exact) mass is 1300 g/mol. The summed E-state index contributed by atoms with van der Waals surface area (Å²) in [5.41, 5.74) is 10.3. The fourth-order valence-electron chi connectivity index (χ4n) is 9.94. The smallest absolute Gasteiger partial charge is 0.501 e. The van der Waals surface area contributed by atoms with E-state index < -0.39 is 101 Å². The largest absolute Gasteiger partial charge is 0.508 e. The number of phenols is 1. The van der Waals surface area contributed by atoms with Crippen molar-refractivity contribution in [1.29, 1.82) is 0 Å². The minimum Gasteiger partial charge on any atom is -0.508 e. The number of carbonyl (C=O) groups excluding carboxylic acids is 7. The van der Waals surface area contributed by atoms with E-state index in [-0.39, 0.29) is 111 Å². The van der Waals surface area contributed by atoms with Crippen molar-refractivity contribution in [3.63, 3.8) is 0 Å². The Balaban J connectivity index is 1.12. The Morgan fingerprint density at radius 1 is 0.758 bits per heavy atom. The second-order valence-corrected chi connectivity index (χ2v) is 22.0. The summed E-state index contributed by atoms with van der Waals surface area (Å²) in [6.45, 7) is 4.81. The van der Waals surface area contributed by atoms with Gasteiger partial charge in [0.25, 0.3) is 11.8 Å². The number of aromatic hydroxyl groups is 1. The second-order valence-electron chi connectivity index (χ2n) is 20.5. The van der Waals surface area contributed by atoms with E-state index in [1.54, 1.807) is 34.9 Å². The summed E-state index contributed by atoms with van der Waals surface area (Å²) in [6.07, 6.45) is -5.37. The van der Waals surface area contributed by atoms with Crippen molar-refractivity contribution < 1.29 is 103 Å². The number of Topliss-reactive ketones (excluding diaryl/α,β-unsaturated/α-hetero) is 1. The van der Waals surface area contributed by atoms with Crippen molar-refractivity contribution in [1.82, 2.24) is 14.3 Å². The molecule has 2 aromatic heterocycles. The van der Waals surface area contributed by atoms with Crippen LogP contribution in [0.25, 0.3) is 26.9 Å². The Morgan fingerprint density at radius 2 is 1.42 bits per heavy atom. The fourth-order valence-corrected chi connectivity index (χ4v) is 10.9. The van der Waals surface area contributed by atoms with Crippen LogP contribution in [-0.4, -0.2) is 186 Å². The van der Waals surface area contributed by atoms with E-state index >= 15 is 0 Å². The van der Waals surface area contributed by atoms with E-state index in [9.17, 15) is 47.1 Å². The average molecular weight is 1300 g/mol. The molecule has 4 aromatic carbocycles. The number of anilines is 1. The molecule has 8 rings (SSSR count). The lowest BCUT2D eigenvalue weighted by Crippen LogP contribution is -2.63. The van der Waals surface area contributed by atoms with Crippen LogP contribution in [0, 0.1) is 0 Å². The van der Waals surface area contributed by atoms with Gasteiger partial charge in [0.05, 0.1) is 52.4 Å². The Kier molecular flexibility index (Phi) is 23.0. The number of ketones is 1. The third kappa shape index (κ3) is 17.6. The normalized spacial score (nSPS) is 17.7. The molecule has 1 unspecified atom stereocenters. The first kappa shape index (κ1) is 67.6. The van der Waals surface area contributed by atoms with Gasteiger partial charge in [-0.25, -0.2) is 4.98 Å². The summed E-state index contributed by atoms with van der Waals surface area (Å²) in [6, 6.07) is 18.6. The number of hydrogen-bond donors (Lipinski definition) is 1. The molecular formula is C60H64ClN7O22S. The zero-order chi connectivity index (χ0) is 65.5. The molecule has 4 heterocycles. The third-order valence-electron chi connectivity index (χ3n) is 14.0. The van der Waals surface area contributed by atoms with Gasteiger partial charge in [-0.3, -0.25) is 33.6 Å². The molecule has 1 N–H and O–H groups in total. The van der Waals surface area contributed by atoms with E-state index in [1.807, 2.05) is 0 Å². The number of benzene rings is 4. The molecule has 0 radical (unpaired) electrons. The van der Waals surface area contributed by atoms with Gasteiger partial charge in [-0.15, -0.1) is 20.0 Å². The topological polar surface area (TPSA) is 357 Å². The molecule has 0 spiro atoms. The van der Waals surface area contributed by atoms with Crippen molar-refractivity contribution in [3.05, 3.63) is 130 Å². The molecule has 1 saturated heterocycles. The minimum absolute atomic E-state index is 0.000534. The Morgan fingerprint density at radius 3 is 2.09 bits per heavy atom. The van der Waals surface area contributed by atoms with Crippen LogP contribution in [0.5, 0.6) is 28.7 Å². The average Bonchev–Trinajstić information content (AvgIpc) is 1.66. The van der Waals surface area contributed by atoms with Crippen LogP contribution >= 0.6 is 11.6 Å². The van der Waals surface area contributed by atoms with Crippen LogP contribution in [0.1, 0.15) is 75.9 Å². The number of imidazole rings is 1.